The first-order valence-corrected chi connectivity index (χ1v) is 12.4. The fourth-order valence-corrected chi connectivity index (χ4v) is 5.05. The van der Waals surface area contributed by atoms with Gasteiger partial charge in [0.15, 0.2) is 5.96 Å². The third kappa shape index (κ3) is 7.50. The van der Waals surface area contributed by atoms with Crippen molar-refractivity contribution in [2.75, 3.05) is 85.7 Å². The van der Waals surface area contributed by atoms with E-state index in [1.807, 2.05) is 18.4 Å². The van der Waals surface area contributed by atoms with E-state index < -0.39 is 0 Å². The molecule has 30 heavy (non-hydrogen) atoms. The summed E-state index contributed by atoms with van der Waals surface area (Å²) in [7, 11) is 1.86. The van der Waals surface area contributed by atoms with Gasteiger partial charge in [-0.15, -0.1) is 11.3 Å². The van der Waals surface area contributed by atoms with E-state index in [9.17, 15) is 0 Å². The van der Waals surface area contributed by atoms with Crippen LogP contribution in [0.4, 0.5) is 0 Å². The number of aliphatic imine (C=N–C) groups is 1. The highest BCUT2D eigenvalue weighted by atomic mass is 32.1. The quantitative estimate of drug-likeness (QED) is 0.331. The molecule has 1 atom stereocenters. The van der Waals surface area contributed by atoms with Gasteiger partial charge in [0, 0.05) is 64.3 Å². The zero-order valence-electron chi connectivity index (χ0n) is 18.8. The molecule has 1 unspecified atom stereocenters. The first kappa shape index (κ1) is 23.5. The highest BCUT2D eigenvalue weighted by Crippen LogP contribution is 2.25. The lowest BCUT2D eigenvalue weighted by molar-refractivity contribution is 0.0177. The van der Waals surface area contributed by atoms with Gasteiger partial charge in [0.2, 0.25) is 0 Å². The van der Waals surface area contributed by atoms with Gasteiger partial charge in [-0.05, 0) is 37.4 Å². The summed E-state index contributed by atoms with van der Waals surface area (Å²) in [6, 6.07) is 4.75. The summed E-state index contributed by atoms with van der Waals surface area (Å²) >= 11 is 1.83. The van der Waals surface area contributed by atoms with Gasteiger partial charge in [0.05, 0.1) is 19.3 Å². The Morgan fingerprint density at radius 3 is 2.53 bits per heavy atom. The van der Waals surface area contributed by atoms with Crippen LogP contribution in [0.1, 0.15) is 30.7 Å². The van der Waals surface area contributed by atoms with Crippen LogP contribution in [0.15, 0.2) is 22.5 Å². The highest BCUT2D eigenvalue weighted by molar-refractivity contribution is 7.10. The molecule has 0 aliphatic carbocycles. The molecule has 2 N–H and O–H groups in total. The van der Waals surface area contributed by atoms with Crippen molar-refractivity contribution in [3.63, 3.8) is 0 Å². The number of nitrogens with one attached hydrogen (secondary N) is 2. The largest absolute Gasteiger partial charge is 0.379 e. The van der Waals surface area contributed by atoms with Crippen LogP contribution in [0.25, 0.3) is 0 Å². The first-order valence-electron chi connectivity index (χ1n) is 11.5. The predicted octanol–water partition coefficient (Wildman–Crippen LogP) is 1.70. The molecule has 7 nitrogen and oxygen atoms in total. The normalized spacial score (nSPS) is 20.9. The Bertz CT molecular complexity index is 597. The minimum absolute atomic E-state index is 0.370. The molecule has 8 heteroatoms. The Balaban J connectivity index is 1.34. The van der Waals surface area contributed by atoms with Crippen LogP contribution in [0.2, 0.25) is 0 Å². The maximum absolute atomic E-state index is 5.54. The molecule has 0 radical (unpaired) electrons. The Hall–Kier alpha value is -1.19. The molecule has 0 saturated carbocycles. The monoisotopic (exact) mass is 436 g/mol. The Labute approximate surface area is 186 Å². The van der Waals surface area contributed by atoms with E-state index in [1.165, 1.54) is 57.0 Å². The average Bonchev–Trinajstić information content (AvgIpc) is 3.33. The average molecular weight is 437 g/mol. The van der Waals surface area contributed by atoms with Gasteiger partial charge in [-0.25, -0.2) is 0 Å². The number of likely N-dealkylation sites (N-methyl/N-ethyl adjacent to an activating group) is 1. The van der Waals surface area contributed by atoms with Crippen LogP contribution in [0.5, 0.6) is 0 Å². The molecule has 2 saturated heterocycles. The van der Waals surface area contributed by atoms with E-state index in [1.54, 1.807) is 0 Å². The highest BCUT2D eigenvalue weighted by Gasteiger charge is 2.23. The summed E-state index contributed by atoms with van der Waals surface area (Å²) in [5, 5.41) is 9.22. The Morgan fingerprint density at radius 1 is 1.10 bits per heavy atom. The summed E-state index contributed by atoms with van der Waals surface area (Å²) < 4.78 is 5.54. The van der Waals surface area contributed by atoms with Gasteiger partial charge in [0.1, 0.15) is 0 Å². The lowest BCUT2D eigenvalue weighted by atomic mass is 10.2. The topological polar surface area (TPSA) is 55.4 Å². The summed E-state index contributed by atoms with van der Waals surface area (Å²) in [5.41, 5.74) is 0. The Kier molecular flexibility index (Phi) is 10.4. The molecule has 1 aromatic heterocycles. The zero-order valence-corrected chi connectivity index (χ0v) is 19.6. The van der Waals surface area contributed by atoms with Crippen molar-refractivity contribution in [3.8, 4) is 0 Å². The minimum Gasteiger partial charge on any atom is -0.379 e. The van der Waals surface area contributed by atoms with Gasteiger partial charge >= 0.3 is 0 Å². The van der Waals surface area contributed by atoms with Gasteiger partial charge in [0.25, 0.3) is 0 Å². The van der Waals surface area contributed by atoms with E-state index in [0.717, 1.165) is 45.4 Å². The molecule has 1 aromatic rings. The van der Waals surface area contributed by atoms with Gasteiger partial charge in [-0.3, -0.25) is 9.89 Å². The van der Waals surface area contributed by atoms with E-state index in [0.29, 0.717) is 6.04 Å². The molecule has 0 amide bonds. The van der Waals surface area contributed by atoms with Gasteiger partial charge in [-0.2, -0.15) is 0 Å². The van der Waals surface area contributed by atoms with Crippen molar-refractivity contribution < 1.29 is 4.74 Å². The number of hydrogen-bond donors (Lipinski definition) is 2. The summed E-state index contributed by atoms with van der Waals surface area (Å²) in [6.07, 6.45) is 2.41. The van der Waals surface area contributed by atoms with Crippen LogP contribution in [0, 0.1) is 0 Å². The third-order valence-electron chi connectivity index (χ3n) is 6.15. The van der Waals surface area contributed by atoms with E-state index in [4.69, 9.17) is 4.74 Å². The van der Waals surface area contributed by atoms with E-state index >= 15 is 0 Å². The second-order valence-corrected chi connectivity index (χ2v) is 9.02. The van der Waals surface area contributed by atoms with Crippen LogP contribution < -0.4 is 10.6 Å². The molecule has 170 valence electrons. The van der Waals surface area contributed by atoms with Crippen molar-refractivity contribution in [2.24, 2.45) is 4.99 Å². The smallest absolute Gasteiger partial charge is 0.191 e. The number of morpholine rings is 1. The predicted molar refractivity (Wildman–Crippen MR) is 127 cm³/mol. The molecular formula is C22H40N6OS. The number of rotatable bonds is 10. The van der Waals surface area contributed by atoms with Crippen LogP contribution >= 0.6 is 11.3 Å². The van der Waals surface area contributed by atoms with Crippen molar-refractivity contribution in [2.45, 2.75) is 25.8 Å². The summed E-state index contributed by atoms with van der Waals surface area (Å²) in [5.74, 6) is 0.904. The van der Waals surface area contributed by atoms with Crippen molar-refractivity contribution in [3.05, 3.63) is 22.4 Å². The van der Waals surface area contributed by atoms with Crippen molar-refractivity contribution in [1.82, 2.24) is 25.3 Å². The standard InChI is InChI=1S/C22H40N6OS/c1-3-26-10-12-27(13-11-26)9-5-4-8-24-22(23-2)25-19-20(21-7-6-18-30-21)28-14-16-29-17-15-28/h6-7,18,20H,3-5,8-17,19H2,1-2H3,(H2,23,24,25). The molecule has 0 spiro atoms. The van der Waals surface area contributed by atoms with Crippen LogP contribution in [0.3, 0.4) is 0 Å². The lowest BCUT2D eigenvalue weighted by Gasteiger charge is -2.34. The Morgan fingerprint density at radius 2 is 1.87 bits per heavy atom. The van der Waals surface area contributed by atoms with Crippen LogP contribution in [-0.4, -0.2) is 106 Å². The van der Waals surface area contributed by atoms with Crippen molar-refractivity contribution in [1.29, 1.82) is 0 Å². The molecule has 0 aromatic carbocycles. The maximum atomic E-state index is 5.54. The van der Waals surface area contributed by atoms with Crippen LogP contribution in [-0.2, 0) is 4.74 Å². The molecule has 2 aliphatic heterocycles. The van der Waals surface area contributed by atoms with E-state index in [-0.39, 0.29) is 0 Å². The SMILES string of the molecule is CCN1CCN(CCCCNC(=NC)NCC(c2cccs2)N2CCOCC2)CC1. The molecule has 2 fully saturated rings. The number of thiophene rings is 1. The molecule has 2 aliphatic rings. The number of guanidine groups is 1. The van der Waals surface area contributed by atoms with Crippen molar-refractivity contribution >= 4 is 17.3 Å². The van der Waals surface area contributed by atoms with E-state index in [2.05, 4.69) is 54.8 Å². The lowest BCUT2D eigenvalue weighted by Crippen LogP contribution is -2.46. The molecular weight excluding hydrogens is 396 g/mol. The number of unbranched alkanes of at least 4 members (excludes halogenated alkanes) is 1. The fourth-order valence-electron chi connectivity index (χ4n) is 4.19. The van der Waals surface area contributed by atoms with Gasteiger partial charge in [-0.1, -0.05) is 13.0 Å². The second kappa shape index (κ2) is 13.3. The minimum atomic E-state index is 0.370. The summed E-state index contributed by atoms with van der Waals surface area (Å²) in [6.45, 7) is 15.0. The zero-order chi connectivity index (χ0) is 21.0. The van der Waals surface area contributed by atoms with Gasteiger partial charge < -0.3 is 25.2 Å². The molecule has 3 rings (SSSR count). The second-order valence-electron chi connectivity index (χ2n) is 8.04. The number of ether oxygens (including phenoxy) is 1. The first-order chi connectivity index (χ1) is 14.8. The molecule has 3 heterocycles. The number of hydrogen-bond acceptors (Lipinski definition) is 6. The molecule has 0 bridgehead atoms. The summed E-state index contributed by atoms with van der Waals surface area (Å²) in [4.78, 5) is 13.5. The number of piperazine rings is 1. The number of nitrogens with zero attached hydrogens (tertiary/aromatic N) is 4. The third-order valence-corrected chi connectivity index (χ3v) is 7.12. The fraction of sp³-hybridized carbons (Fsp3) is 0.773. The maximum Gasteiger partial charge on any atom is 0.191 e.